The van der Waals surface area contributed by atoms with Crippen LogP contribution in [0.15, 0.2) is 21.4 Å². The first kappa shape index (κ1) is 19.5. The quantitative estimate of drug-likeness (QED) is 0.518. The first-order chi connectivity index (χ1) is 13.5. The lowest BCUT2D eigenvalue weighted by Gasteiger charge is -2.09. The van der Waals surface area contributed by atoms with Crippen LogP contribution in [0.1, 0.15) is 41.6 Å². The summed E-state index contributed by atoms with van der Waals surface area (Å²) in [5, 5.41) is 11.1. The van der Waals surface area contributed by atoms with Gasteiger partial charge in [-0.15, -0.1) is 11.3 Å². The molecule has 2 N–H and O–H groups in total. The number of nitrogens with one attached hydrogen (secondary N) is 1. The molecule has 2 heterocycles. The van der Waals surface area contributed by atoms with Gasteiger partial charge in [-0.05, 0) is 77.9 Å². The summed E-state index contributed by atoms with van der Waals surface area (Å²) >= 11 is 11.4. The molecule has 0 radical (unpaired) electrons. The molecule has 8 heteroatoms. The van der Waals surface area contributed by atoms with E-state index in [1.165, 1.54) is 4.88 Å². The lowest BCUT2D eigenvalue weighted by atomic mass is 9.97. The maximum absolute atomic E-state index is 12.7. The molecule has 5 nitrogen and oxygen atoms in total. The predicted octanol–water partition coefficient (Wildman–Crippen LogP) is 5.47. The normalized spacial score (nSPS) is 14.3. The van der Waals surface area contributed by atoms with Gasteiger partial charge >= 0.3 is 0 Å². The minimum absolute atomic E-state index is 0.0345. The summed E-state index contributed by atoms with van der Waals surface area (Å²) in [6, 6.07) is 3.41. The van der Waals surface area contributed by atoms with Gasteiger partial charge in [-0.2, -0.15) is 0 Å². The SMILES string of the molecule is CCOc1cc(/C=C(/Cl)c2nc3sc4c(c3c(=O)[nH]2)CCCC4)cc(Br)c1O. The molecule has 1 aliphatic carbocycles. The zero-order valence-corrected chi connectivity index (χ0v) is 18.3. The van der Waals surface area contributed by atoms with Crippen LogP contribution < -0.4 is 10.3 Å². The standard InChI is InChI=1S/C20H18BrClN2O3S/c1-2-27-14-9-10(7-12(21)17(14)25)8-13(22)18-23-19(26)16-11-5-3-4-6-15(11)28-20(16)24-18/h7-9,25H,2-6H2,1H3,(H,23,24,26)/b13-8+. The summed E-state index contributed by atoms with van der Waals surface area (Å²) in [6.07, 6.45) is 5.90. The maximum atomic E-state index is 12.7. The molecule has 0 spiro atoms. The van der Waals surface area contributed by atoms with E-state index in [0.29, 0.717) is 38.6 Å². The number of phenols is 1. The van der Waals surface area contributed by atoms with Crippen LogP contribution in [-0.4, -0.2) is 21.7 Å². The van der Waals surface area contributed by atoms with Crippen molar-refractivity contribution in [2.45, 2.75) is 32.6 Å². The zero-order chi connectivity index (χ0) is 19.8. The summed E-state index contributed by atoms with van der Waals surface area (Å²) in [6.45, 7) is 2.27. The molecular formula is C20H18BrClN2O3S. The van der Waals surface area contributed by atoms with Crippen LogP contribution in [0.4, 0.5) is 0 Å². The molecule has 0 bridgehead atoms. The Morgan fingerprint density at radius 3 is 3.00 bits per heavy atom. The van der Waals surface area contributed by atoms with Gasteiger partial charge in [-0.1, -0.05) is 11.6 Å². The van der Waals surface area contributed by atoms with Crippen LogP contribution in [0.5, 0.6) is 11.5 Å². The van der Waals surface area contributed by atoms with Crippen LogP contribution >= 0.6 is 38.9 Å². The van der Waals surface area contributed by atoms with E-state index in [4.69, 9.17) is 16.3 Å². The van der Waals surface area contributed by atoms with Crippen molar-refractivity contribution in [3.8, 4) is 11.5 Å². The average molecular weight is 482 g/mol. The minimum Gasteiger partial charge on any atom is -0.503 e. The van der Waals surface area contributed by atoms with Gasteiger partial charge in [0, 0.05) is 4.88 Å². The zero-order valence-electron chi connectivity index (χ0n) is 15.1. The molecule has 0 fully saturated rings. The van der Waals surface area contributed by atoms with E-state index in [2.05, 4.69) is 25.9 Å². The Morgan fingerprint density at radius 1 is 1.43 bits per heavy atom. The van der Waals surface area contributed by atoms with Gasteiger partial charge in [0.2, 0.25) is 0 Å². The number of fused-ring (bicyclic) bond motifs is 3. The number of aromatic nitrogens is 2. The smallest absolute Gasteiger partial charge is 0.260 e. The molecule has 0 aliphatic heterocycles. The van der Waals surface area contributed by atoms with Crippen molar-refractivity contribution in [3.05, 3.63) is 48.8 Å². The highest BCUT2D eigenvalue weighted by Crippen LogP contribution is 2.37. The Morgan fingerprint density at radius 2 is 2.21 bits per heavy atom. The number of nitrogens with zero attached hydrogens (tertiary/aromatic N) is 1. The summed E-state index contributed by atoms with van der Waals surface area (Å²) in [5.74, 6) is 0.725. The summed E-state index contributed by atoms with van der Waals surface area (Å²) in [7, 11) is 0. The number of phenolic OH excluding ortho intramolecular Hbond substituents is 1. The number of ether oxygens (including phenoxy) is 1. The largest absolute Gasteiger partial charge is 0.503 e. The molecule has 4 rings (SSSR count). The number of benzene rings is 1. The molecule has 0 saturated heterocycles. The molecule has 0 unspecified atom stereocenters. The van der Waals surface area contributed by atoms with Gasteiger partial charge in [-0.3, -0.25) is 4.79 Å². The number of halogens is 2. The predicted molar refractivity (Wildman–Crippen MR) is 118 cm³/mol. The average Bonchev–Trinajstić information content (AvgIpc) is 3.04. The van der Waals surface area contributed by atoms with Crippen LogP contribution in [0, 0.1) is 0 Å². The molecule has 0 amide bonds. The Bertz CT molecular complexity index is 1150. The fourth-order valence-electron chi connectivity index (χ4n) is 3.43. The van der Waals surface area contributed by atoms with E-state index in [0.717, 1.165) is 36.1 Å². The molecule has 1 aromatic carbocycles. The molecule has 0 atom stereocenters. The van der Waals surface area contributed by atoms with E-state index in [1.807, 2.05) is 6.92 Å². The summed E-state index contributed by atoms with van der Waals surface area (Å²) < 4.78 is 5.94. The molecule has 28 heavy (non-hydrogen) atoms. The second-order valence-corrected chi connectivity index (χ2v) is 8.93. The highest BCUT2D eigenvalue weighted by atomic mass is 79.9. The number of hydrogen-bond acceptors (Lipinski definition) is 5. The summed E-state index contributed by atoms with van der Waals surface area (Å²) in [5.41, 5.74) is 1.72. The van der Waals surface area contributed by atoms with Crippen molar-refractivity contribution in [3.63, 3.8) is 0 Å². The Kier molecular flexibility index (Phi) is 5.49. The van der Waals surface area contributed by atoms with Crippen LogP contribution in [0.3, 0.4) is 0 Å². The second kappa shape index (κ2) is 7.89. The highest BCUT2D eigenvalue weighted by Gasteiger charge is 2.20. The molecular weight excluding hydrogens is 464 g/mol. The van der Waals surface area contributed by atoms with E-state index >= 15 is 0 Å². The van der Waals surface area contributed by atoms with Crippen LogP contribution in [0.25, 0.3) is 21.3 Å². The minimum atomic E-state index is -0.146. The maximum Gasteiger partial charge on any atom is 0.260 e. The lowest BCUT2D eigenvalue weighted by molar-refractivity contribution is 0.317. The fourth-order valence-corrected chi connectivity index (χ4v) is 5.37. The van der Waals surface area contributed by atoms with Crippen molar-refractivity contribution in [1.82, 2.24) is 9.97 Å². The Balaban J connectivity index is 1.77. The topological polar surface area (TPSA) is 75.2 Å². The molecule has 3 aromatic rings. The van der Waals surface area contributed by atoms with Crippen molar-refractivity contribution in [1.29, 1.82) is 0 Å². The highest BCUT2D eigenvalue weighted by molar-refractivity contribution is 9.10. The third kappa shape index (κ3) is 3.58. The number of H-pyrrole nitrogens is 1. The number of aryl methyl sites for hydroxylation is 2. The van der Waals surface area contributed by atoms with Gasteiger partial charge in [0.15, 0.2) is 17.3 Å². The number of aromatic amines is 1. The molecule has 146 valence electrons. The summed E-state index contributed by atoms with van der Waals surface area (Å²) in [4.78, 5) is 22.1. The lowest BCUT2D eigenvalue weighted by Crippen LogP contribution is -2.12. The number of thiophene rings is 1. The fraction of sp³-hybridized carbons (Fsp3) is 0.300. The van der Waals surface area contributed by atoms with E-state index in [1.54, 1.807) is 29.5 Å². The van der Waals surface area contributed by atoms with Crippen molar-refractivity contribution >= 4 is 60.2 Å². The van der Waals surface area contributed by atoms with E-state index in [-0.39, 0.29) is 11.3 Å². The van der Waals surface area contributed by atoms with E-state index < -0.39 is 0 Å². The van der Waals surface area contributed by atoms with Gasteiger partial charge < -0.3 is 14.8 Å². The number of hydrogen-bond donors (Lipinski definition) is 2. The van der Waals surface area contributed by atoms with Crippen molar-refractivity contribution in [2.75, 3.05) is 6.61 Å². The van der Waals surface area contributed by atoms with Crippen LogP contribution in [0.2, 0.25) is 0 Å². The first-order valence-corrected chi connectivity index (χ1v) is 11.0. The first-order valence-electron chi connectivity index (χ1n) is 9.05. The third-order valence-electron chi connectivity index (χ3n) is 4.70. The van der Waals surface area contributed by atoms with Crippen LogP contribution in [-0.2, 0) is 12.8 Å². The van der Waals surface area contributed by atoms with Gasteiger partial charge in [0.05, 0.1) is 21.5 Å². The Labute approximate surface area is 179 Å². The number of aromatic hydroxyl groups is 1. The van der Waals surface area contributed by atoms with E-state index in [9.17, 15) is 9.90 Å². The van der Waals surface area contributed by atoms with Crippen molar-refractivity contribution in [2.24, 2.45) is 0 Å². The number of rotatable bonds is 4. The van der Waals surface area contributed by atoms with Crippen molar-refractivity contribution < 1.29 is 9.84 Å². The van der Waals surface area contributed by atoms with Gasteiger partial charge in [-0.25, -0.2) is 4.98 Å². The molecule has 0 saturated carbocycles. The van der Waals surface area contributed by atoms with Gasteiger partial charge in [0.1, 0.15) is 4.83 Å². The monoisotopic (exact) mass is 480 g/mol. The molecule has 1 aliphatic rings. The third-order valence-corrected chi connectivity index (χ3v) is 6.77. The Hall–Kier alpha value is -1.83. The molecule has 2 aromatic heterocycles. The van der Waals surface area contributed by atoms with Gasteiger partial charge in [0.25, 0.3) is 5.56 Å². The second-order valence-electron chi connectivity index (χ2n) is 6.58.